The Balaban J connectivity index is 1.95. The number of ether oxygens (including phenoxy) is 2. The Morgan fingerprint density at radius 1 is 1.00 bits per heavy atom. The molecule has 3 aromatic rings. The average molecular weight is 529 g/mol. The van der Waals surface area contributed by atoms with Crippen LogP contribution in [-0.4, -0.2) is 46.8 Å². The number of carbonyl (C=O) groups excluding carboxylic acids is 2. The summed E-state index contributed by atoms with van der Waals surface area (Å²) in [6.45, 7) is 3.51. The van der Waals surface area contributed by atoms with E-state index in [2.05, 4.69) is 5.32 Å². The minimum absolute atomic E-state index is 0.0610. The van der Waals surface area contributed by atoms with E-state index in [1.165, 1.54) is 31.0 Å². The second-order valence-corrected chi connectivity index (χ2v) is 10.4. The van der Waals surface area contributed by atoms with Gasteiger partial charge in [-0.2, -0.15) is 0 Å². The second kappa shape index (κ2) is 12.0. The molecule has 0 saturated heterocycles. The Morgan fingerprint density at radius 2 is 1.67 bits per heavy atom. The molecule has 0 radical (unpaired) electrons. The third kappa shape index (κ3) is 6.19. The van der Waals surface area contributed by atoms with Gasteiger partial charge in [0.05, 0.1) is 29.9 Å². The van der Waals surface area contributed by atoms with Crippen molar-refractivity contribution in [3.05, 3.63) is 77.9 Å². The Hall–Kier alpha value is -3.50. The highest BCUT2D eigenvalue weighted by molar-refractivity contribution is 7.98. The normalized spacial score (nSPS) is 11.0. The minimum Gasteiger partial charge on any atom is -0.494 e. The van der Waals surface area contributed by atoms with Crippen LogP contribution in [0.25, 0.3) is 0 Å². The van der Waals surface area contributed by atoms with Gasteiger partial charge in [-0.05, 0) is 86.3 Å². The molecule has 0 saturated carbocycles. The lowest BCUT2D eigenvalue weighted by Gasteiger charge is -2.24. The van der Waals surface area contributed by atoms with Crippen LogP contribution < -0.4 is 14.4 Å². The predicted octanol–water partition coefficient (Wildman–Crippen LogP) is 4.74. The molecule has 1 amide bonds. The van der Waals surface area contributed by atoms with E-state index in [1.54, 1.807) is 61.5 Å². The number of sulfonamides is 1. The lowest BCUT2D eigenvalue weighted by Crippen LogP contribution is -2.38. The van der Waals surface area contributed by atoms with Gasteiger partial charge in [-0.15, -0.1) is 11.8 Å². The minimum atomic E-state index is -4.08. The molecule has 190 valence electrons. The van der Waals surface area contributed by atoms with E-state index in [9.17, 15) is 18.0 Å². The monoisotopic (exact) mass is 528 g/mol. The molecule has 0 unspecified atom stereocenters. The Kier molecular flexibility index (Phi) is 9.00. The Bertz CT molecular complexity index is 1320. The van der Waals surface area contributed by atoms with Gasteiger partial charge in [0.1, 0.15) is 12.3 Å². The molecular weight excluding hydrogens is 500 g/mol. The van der Waals surface area contributed by atoms with Crippen molar-refractivity contribution in [3.8, 4) is 5.75 Å². The first kappa shape index (κ1) is 27.1. The molecule has 0 aliphatic carbocycles. The molecule has 3 aromatic carbocycles. The zero-order chi connectivity index (χ0) is 26.3. The quantitative estimate of drug-likeness (QED) is 0.300. The van der Waals surface area contributed by atoms with Gasteiger partial charge in [0, 0.05) is 10.6 Å². The van der Waals surface area contributed by atoms with Gasteiger partial charge in [0.15, 0.2) is 0 Å². The van der Waals surface area contributed by atoms with Gasteiger partial charge in [0.2, 0.25) is 5.91 Å². The fourth-order valence-corrected chi connectivity index (χ4v) is 5.32. The molecule has 3 rings (SSSR count). The van der Waals surface area contributed by atoms with Crippen molar-refractivity contribution in [1.29, 1.82) is 0 Å². The molecule has 0 spiro atoms. The Morgan fingerprint density at radius 3 is 2.25 bits per heavy atom. The van der Waals surface area contributed by atoms with Crippen LogP contribution in [0.5, 0.6) is 5.75 Å². The highest BCUT2D eigenvalue weighted by Crippen LogP contribution is 2.28. The summed E-state index contributed by atoms with van der Waals surface area (Å²) >= 11 is 1.50. The summed E-state index contributed by atoms with van der Waals surface area (Å²) in [4.78, 5) is 26.1. The van der Waals surface area contributed by atoms with Crippen LogP contribution >= 0.6 is 11.8 Å². The summed E-state index contributed by atoms with van der Waals surface area (Å²) in [6, 6.07) is 17.8. The second-order valence-electron chi connectivity index (χ2n) is 7.63. The van der Waals surface area contributed by atoms with Crippen LogP contribution in [-0.2, 0) is 19.6 Å². The smallest absolute Gasteiger partial charge is 0.338 e. The summed E-state index contributed by atoms with van der Waals surface area (Å²) < 4.78 is 38.5. The number of hydrogen-bond donors (Lipinski definition) is 1. The van der Waals surface area contributed by atoms with E-state index in [4.69, 9.17) is 9.47 Å². The number of anilines is 2. The summed E-state index contributed by atoms with van der Waals surface area (Å²) in [5.74, 6) is -0.517. The average Bonchev–Trinajstić information content (AvgIpc) is 2.88. The largest absolute Gasteiger partial charge is 0.494 e. The number of amides is 1. The molecule has 1 N–H and O–H groups in total. The maximum absolute atomic E-state index is 13.6. The van der Waals surface area contributed by atoms with E-state index in [-0.39, 0.29) is 4.90 Å². The topological polar surface area (TPSA) is 102 Å². The standard InChI is InChI=1S/C26H28N2O6S2/c1-5-34-20-11-9-19(10-12-20)28(36(31,32)22-15-13-21(35-4)14-16-22)17-25(29)27-24-8-6-7-23(18(24)2)26(30)33-3/h6-16H,5,17H2,1-4H3,(H,27,29). The van der Waals surface area contributed by atoms with Crippen LogP contribution in [0, 0.1) is 6.92 Å². The lowest BCUT2D eigenvalue weighted by atomic mass is 10.1. The van der Waals surface area contributed by atoms with Crippen LogP contribution in [0.2, 0.25) is 0 Å². The fraction of sp³-hybridized carbons (Fsp3) is 0.231. The van der Waals surface area contributed by atoms with E-state index in [0.717, 1.165) is 9.20 Å². The van der Waals surface area contributed by atoms with Gasteiger partial charge in [0.25, 0.3) is 10.0 Å². The van der Waals surface area contributed by atoms with E-state index in [1.807, 2.05) is 13.2 Å². The molecule has 36 heavy (non-hydrogen) atoms. The van der Waals surface area contributed by atoms with Gasteiger partial charge >= 0.3 is 5.97 Å². The first-order valence-electron chi connectivity index (χ1n) is 11.1. The summed E-state index contributed by atoms with van der Waals surface area (Å²) in [6.07, 6.45) is 1.90. The summed E-state index contributed by atoms with van der Waals surface area (Å²) in [7, 11) is -2.80. The Labute approximate surface area is 215 Å². The number of rotatable bonds is 10. The summed E-state index contributed by atoms with van der Waals surface area (Å²) in [5, 5.41) is 2.72. The fourth-order valence-electron chi connectivity index (χ4n) is 3.49. The third-order valence-corrected chi connectivity index (χ3v) is 7.92. The molecule has 0 atom stereocenters. The number of methoxy groups -OCH3 is 1. The van der Waals surface area contributed by atoms with E-state index < -0.39 is 28.4 Å². The molecule has 0 aliphatic heterocycles. The van der Waals surface area contributed by atoms with Gasteiger partial charge in [-0.3, -0.25) is 9.10 Å². The number of hydrogen-bond acceptors (Lipinski definition) is 7. The van der Waals surface area contributed by atoms with Crippen LogP contribution in [0.15, 0.2) is 76.5 Å². The number of benzene rings is 3. The van der Waals surface area contributed by atoms with Crippen molar-refractivity contribution >= 4 is 45.0 Å². The van der Waals surface area contributed by atoms with Gasteiger partial charge < -0.3 is 14.8 Å². The maximum Gasteiger partial charge on any atom is 0.338 e. The predicted molar refractivity (Wildman–Crippen MR) is 142 cm³/mol. The van der Waals surface area contributed by atoms with Gasteiger partial charge in [-0.1, -0.05) is 6.07 Å². The molecule has 0 heterocycles. The van der Waals surface area contributed by atoms with Crippen molar-refractivity contribution in [3.63, 3.8) is 0 Å². The third-order valence-electron chi connectivity index (χ3n) is 5.38. The first-order valence-corrected chi connectivity index (χ1v) is 13.7. The van der Waals surface area contributed by atoms with Crippen LogP contribution in [0.1, 0.15) is 22.8 Å². The molecule has 0 fully saturated rings. The zero-order valence-electron chi connectivity index (χ0n) is 20.5. The molecule has 0 aliphatic rings. The number of nitrogens with zero attached hydrogens (tertiary/aromatic N) is 1. The number of thioether (sulfide) groups is 1. The molecular formula is C26H28N2O6S2. The number of carbonyl (C=O) groups is 2. The van der Waals surface area contributed by atoms with Crippen molar-refractivity contribution in [2.45, 2.75) is 23.6 Å². The number of esters is 1. The zero-order valence-corrected chi connectivity index (χ0v) is 22.1. The van der Waals surface area contributed by atoms with Crippen LogP contribution in [0.3, 0.4) is 0 Å². The first-order chi connectivity index (χ1) is 17.2. The number of nitrogens with one attached hydrogen (secondary N) is 1. The molecule has 0 aromatic heterocycles. The molecule has 0 bridgehead atoms. The SMILES string of the molecule is CCOc1ccc(N(CC(=O)Nc2cccc(C(=O)OC)c2C)S(=O)(=O)c2ccc(SC)cc2)cc1. The van der Waals surface area contributed by atoms with Crippen molar-refractivity contribution < 1.29 is 27.5 Å². The highest BCUT2D eigenvalue weighted by Gasteiger charge is 2.28. The van der Waals surface area contributed by atoms with Crippen molar-refractivity contribution in [2.24, 2.45) is 0 Å². The molecule has 8 nitrogen and oxygen atoms in total. The maximum atomic E-state index is 13.6. The molecule has 10 heteroatoms. The van der Waals surface area contributed by atoms with Crippen molar-refractivity contribution in [1.82, 2.24) is 0 Å². The van der Waals surface area contributed by atoms with Gasteiger partial charge in [-0.25, -0.2) is 13.2 Å². The summed E-state index contributed by atoms with van der Waals surface area (Å²) in [5.41, 5.74) is 1.51. The highest BCUT2D eigenvalue weighted by atomic mass is 32.2. The van der Waals surface area contributed by atoms with Crippen LogP contribution in [0.4, 0.5) is 11.4 Å². The van der Waals surface area contributed by atoms with E-state index >= 15 is 0 Å². The lowest BCUT2D eigenvalue weighted by molar-refractivity contribution is -0.114. The van der Waals surface area contributed by atoms with Crippen molar-refractivity contribution in [2.75, 3.05) is 36.1 Å². The van der Waals surface area contributed by atoms with E-state index in [0.29, 0.717) is 34.9 Å².